The van der Waals surface area contributed by atoms with E-state index < -0.39 is 0 Å². The number of aliphatic imine (C=N–C) groups is 1. The predicted octanol–water partition coefficient (Wildman–Crippen LogP) is 6.53. The second-order valence-electron chi connectivity index (χ2n) is 8.33. The molecule has 4 nitrogen and oxygen atoms in total. The van der Waals surface area contributed by atoms with Crippen LogP contribution in [-0.2, 0) is 12.8 Å². The van der Waals surface area contributed by atoms with E-state index in [4.69, 9.17) is 0 Å². The zero-order valence-corrected chi connectivity index (χ0v) is 20.1. The van der Waals surface area contributed by atoms with Gasteiger partial charge in [0.05, 0.1) is 5.56 Å². The molecule has 1 aliphatic rings. The summed E-state index contributed by atoms with van der Waals surface area (Å²) in [6.45, 7) is 12.5. The van der Waals surface area contributed by atoms with Crippen LogP contribution in [0.1, 0.15) is 85.2 Å². The number of aromatic amines is 1. The molecule has 0 fully saturated rings. The lowest BCUT2D eigenvalue weighted by atomic mass is 10.0. The number of H-pyrrole nitrogens is 1. The van der Waals surface area contributed by atoms with Crippen molar-refractivity contribution in [2.45, 2.75) is 65.2 Å². The van der Waals surface area contributed by atoms with Crippen LogP contribution in [0.2, 0.25) is 0 Å². The van der Waals surface area contributed by atoms with Gasteiger partial charge < -0.3 is 10.3 Å². The molecule has 32 heavy (non-hydrogen) atoms. The fraction of sp³-hybridized carbons (Fsp3) is 0.429. The summed E-state index contributed by atoms with van der Waals surface area (Å²) >= 11 is 0. The highest BCUT2D eigenvalue weighted by Crippen LogP contribution is 2.20. The molecule has 0 saturated carbocycles. The number of hydrogen-bond donors (Lipinski definition) is 2. The van der Waals surface area contributed by atoms with Gasteiger partial charge in [-0.2, -0.15) is 0 Å². The molecule has 2 aromatic rings. The van der Waals surface area contributed by atoms with Gasteiger partial charge in [-0.3, -0.25) is 9.79 Å². The van der Waals surface area contributed by atoms with Crippen LogP contribution >= 0.6 is 0 Å². The van der Waals surface area contributed by atoms with Gasteiger partial charge in [0.25, 0.3) is 5.91 Å². The third-order valence-corrected chi connectivity index (χ3v) is 5.92. The highest BCUT2D eigenvalue weighted by Gasteiger charge is 2.19. The van der Waals surface area contributed by atoms with Gasteiger partial charge in [-0.1, -0.05) is 82.5 Å². The van der Waals surface area contributed by atoms with E-state index in [-0.39, 0.29) is 5.91 Å². The number of allylic oxidation sites excluding steroid dienone is 2. The molecule has 0 spiro atoms. The van der Waals surface area contributed by atoms with Crippen LogP contribution in [-0.4, -0.2) is 30.2 Å². The average molecular weight is 434 g/mol. The third-order valence-electron chi connectivity index (χ3n) is 5.92. The second-order valence-corrected chi connectivity index (χ2v) is 8.33. The van der Waals surface area contributed by atoms with Crippen molar-refractivity contribution in [1.82, 2.24) is 10.3 Å². The lowest BCUT2D eigenvalue weighted by Gasteiger charge is -2.10. The number of carbonyl (C=O) groups excluding carboxylic acids is 1. The molecule has 0 saturated heterocycles. The van der Waals surface area contributed by atoms with Crippen molar-refractivity contribution in [2.24, 2.45) is 4.99 Å². The molecule has 0 unspecified atom stereocenters. The van der Waals surface area contributed by atoms with E-state index in [1.807, 2.05) is 13.1 Å². The lowest BCUT2D eigenvalue weighted by molar-refractivity contribution is 0.0946. The van der Waals surface area contributed by atoms with E-state index in [1.165, 1.54) is 56.1 Å². The first-order chi connectivity index (χ1) is 15.5. The fourth-order valence-electron chi connectivity index (χ4n) is 3.73. The van der Waals surface area contributed by atoms with Gasteiger partial charge in [-0.15, -0.1) is 0 Å². The van der Waals surface area contributed by atoms with Crippen molar-refractivity contribution in [3.63, 3.8) is 0 Å². The molecular weight excluding hydrogens is 394 g/mol. The number of unbranched alkanes of at least 4 members (excludes halogenated alkanes) is 5. The van der Waals surface area contributed by atoms with Crippen LogP contribution in [0.25, 0.3) is 5.57 Å². The zero-order valence-electron chi connectivity index (χ0n) is 20.1. The number of amides is 1. The summed E-state index contributed by atoms with van der Waals surface area (Å²) in [5.41, 5.74) is 7.22. The quantitative estimate of drug-likeness (QED) is 0.250. The van der Waals surface area contributed by atoms with Crippen LogP contribution in [0.15, 0.2) is 54.6 Å². The monoisotopic (exact) mass is 433 g/mol. The maximum atomic E-state index is 11.4. The van der Waals surface area contributed by atoms with Crippen molar-refractivity contribution in [2.75, 3.05) is 13.6 Å². The summed E-state index contributed by atoms with van der Waals surface area (Å²) in [5, 5.41) is 2.79. The number of nitrogens with zero attached hydrogens (tertiary/aromatic N) is 1. The molecular formula is C28H39N3O. The van der Waals surface area contributed by atoms with Crippen molar-refractivity contribution < 1.29 is 4.79 Å². The van der Waals surface area contributed by atoms with Crippen LogP contribution < -0.4 is 5.32 Å². The number of aryl methyl sites for hydroxylation is 1. The summed E-state index contributed by atoms with van der Waals surface area (Å²) in [4.78, 5) is 18.8. The summed E-state index contributed by atoms with van der Waals surface area (Å²) in [6.07, 6.45) is 12.0. The Kier molecular flexibility index (Phi) is 10.7. The highest BCUT2D eigenvalue weighted by molar-refractivity contribution is 5.98. The number of benzene rings is 1. The van der Waals surface area contributed by atoms with Gasteiger partial charge in [-0.25, -0.2) is 0 Å². The topological polar surface area (TPSA) is 57.2 Å². The number of nitrogens with one attached hydrogen (secondary N) is 2. The molecule has 1 aromatic heterocycles. The van der Waals surface area contributed by atoms with Crippen LogP contribution in [0.4, 0.5) is 0 Å². The van der Waals surface area contributed by atoms with Gasteiger partial charge in [0.15, 0.2) is 0 Å². The van der Waals surface area contributed by atoms with Crippen LogP contribution in [0.3, 0.4) is 0 Å². The largest absolute Gasteiger partial charge is 0.358 e. The minimum Gasteiger partial charge on any atom is -0.358 e. The SMILES string of the molecule is C=CC(=C)c1cc2c([nH]1)CCNC2=O.CCCCCCCCc1ccc(C(C)=NC)cc1. The Hall–Kier alpha value is -2.88. The molecule has 1 aromatic carbocycles. The van der Waals surface area contributed by atoms with Crippen LogP contribution in [0.5, 0.6) is 0 Å². The zero-order chi connectivity index (χ0) is 23.3. The maximum absolute atomic E-state index is 11.4. The van der Waals surface area contributed by atoms with Gasteiger partial charge in [0.2, 0.25) is 0 Å². The molecule has 172 valence electrons. The molecule has 1 amide bonds. The molecule has 2 N–H and O–H groups in total. The summed E-state index contributed by atoms with van der Waals surface area (Å²) in [6, 6.07) is 10.7. The van der Waals surface area contributed by atoms with Gasteiger partial charge in [-0.05, 0) is 42.5 Å². The Balaban J connectivity index is 0.000000233. The Bertz CT molecular complexity index is 919. The average Bonchev–Trinajstić information content (AvgIpc) is 3.27. The minimum absolute atomic E-state index is 0.00869. The molecule has 0 bridgehead atoms. The Morgan fingerprint density at radius 2 is 1.81 bits per heavy atom. The second kappa shape index (κ2) is 13.5. The Morgan fingerprint density at radius 3 is 2.44 bits per heavy atom. The van der Waals surface area contributed by atoms with E-state index in [9.17, 15) is 4.79 Å². The van der Waals surface area contributed by atoms with Gasteiger partial charge in [0, 0.05) is 37.1 Å². The fourth-order valence-corrected chi connectivity index (χ4v) is 3.73. The first-order valence-corrected chi connectivity index (χ1v) is 11.8. The van der Waals surface area contributed by atoms with Gasteiger partial charge in [0.1, 0.15) is 0 Å². The van der Waals surface area contributed by atoms with E-state index in [0.29, 0.717) is 6.54 Å². The molecule has 3 rings (SSSR count). The lowest BCUT2D eigenvalue weighted by Crippen LogP contribution is -2.31. The Morgan fingerprint density at radius 1 is 1.12 bits per heavy atom. The first-order valence-electron chi connectivity index (χ1n) is 11.8. The van der Waals surface area contributed by atoms with E-state index in [2.05, 4.69) is 66.6 Å². The number of carbonyl (C=O) groups is 1. The summed E-state index contributed by atoms with van der Waals surface area (Å²) in [5.74, 6) is -0.00869. The number of aromatic nitrogens is 1. The van der Waals surface area contributed by atoms with Crippen molar-refractivity contribution in [3.8, 4) is 0 Å². The molecule has 0 aliphatic carbocycles. The predicted molar refractivity (Wildman–Crippen MR) is 138 cm³/mol. The maximum Gasteiger partial charge on any atom is 0.253 e. The number of fused-ring (bicyclic) bond motifs is 1. The van der Waals surface area contributed by atoms with Crippen molar-refractivity contribution in [1.29, 1.82) is 0 Å². The third kappa shape index (κ3) is 7.67. The smallest absolute Gasteiger partial charge is 0.253 e. The van der Waals surface area contributed by atoms with E-state index >= 15 is 0 Å². The standard InChI is InChI=1S/C17H27N.C11H12N2O/c1-4-5-6-7-8-9-10-16-11-13-17(14-12-16)15(2)18-3;1-3-7(2)10-6-8-9(13-10)4-5-12-11(8)14/h11-14H,4-10H2,1-3H3;3,6,13H,1-2,4-5H2,(H,12,14). The molecule has 0 radical (unpaired) electrons. The first kappa shape index (κ1) is 25.4. The van der Waals surface area contributed by atoms with Crippen molar-refractivity contribution >= 4 is 17.2 Å². The number of rotatable bonds is 10. The molecule has 0 atom stereocenters. The highest BCUT2D eigenvalue weighted by atomic mass is 16.1. The number of hydrogen-bond acceptors (Lipinski definition) is 2. The van der Waals surface area contributed by atoms with E-state index in [0.717, 1.165) is 34.7 Å². The Labute approximate surface area is 193 Å². The van der Waals surface area contributed by atoms with Crippen LogP contribution in [0, 0.1) is 0 Å². The summed E-state index contributed by atoms with van der Waals surface area (Å²) < 4.78 is 0. The molecule has 2 heterocycles. The molecule has 1 aliphatic heterocycles. The minimum atomic E-state index is -0.00869. The van der Waals surface area contributed by atoms with Crippen molar-refractivity contribution in [3.05, 3.63) is 77.6 Å². The molecule has 4 heteroatoms. The van der Waals surface area contributed by atoms with E-state index in [1.54, 1.807) is 6.08 Å². The normalized spacial score (nSPS) is 13.0. The van der Waals surface area contributed by atoms with Gasteiger partial charge >= 0.3 is 0 Å². The summed E-state index contributed by atoms with van der Waals surface area (Å²) in [7, 11) is 1.85.